The molecule has 0 atom stereocenters. The lowest BCUT2D eigenvalue weighted by Gasteiger charge is -2.10. The molecule has 0 fully saturated rings. The number of rotatable bonds is 3. The Labute approximate surface area is 108 Å². The SMILES string of the molecule is Cc1ccc(Oc2ccc(OC(F)(F)F)cc2)cc1. The Bertz CT molecular complexity index is 530. The summed E-state index contributed by atoms with van der Waals surface area (Å²) in [7, 11) is 0. The van der Waals surface area contributed by atoms with Gasteiger partial charge in [-0.2, -0.15) is 0 Å². The second-order valence-electron chi connectivity index (χ2n) is 3.93. The Morgan fingerprint density at radius 2 is 1.16 bits per heavy atom. The Kier molecular flexibility index (Phi) is 3.64. The standard InChI is InChI=1S/C14H11F3O2/c1-10-2-4-11(5-3-10)18-12-6-8-13(9-7-12)19-14(15,16)17/h2-9H,1H3. The first-order chi connectivity index (χ1) is 8.92. The van der Waals surface area contributed by atoms with Crippen molar-refractivity contribution in [2.75, 3.05) is 0 Å². The van der Waals surface area contributed by atoms with E-state index < -0.39 is 6.36 Å². The Morgan fingerprint density at radius 3 is 1.63 bits per heavy atom. The molecule has 0 unspecified atom stereocenters. The summed E-state index contributed by atoms with van der Waals surface area (Å²) in [6, 6.07) is 12.6. The fourth-order valence-corrected chi connectivity index (χ4v) is 1.45. The maximum Gasteiger partial charge on any atom is 0.573 e. The molecule has 0 aromatic heterocycles. The quantitative estimate of drug-likeness (QED) is 0.804. The largest absolute Gasteiger partial charge is 0.573 e. The highest BCUT2D eigenvalue weighted by molar-refractivity contribution is 5.36. The second-order valence-corrected chi connectivity index (χ2v) is 3.93. The van der Waals surface area contributed by atoms with E-state index in [2.05, 4.69) is 4.74 Å². The highest BCUT2D eigenvalue weighted by Gasteiger charge is 2.30. The van der Waals surface area contributed by atoms with E-state index in [1.165, 1.54) is 24.3 Å². The maximum atomic E-state index is 12.0. The number of aryl methyl sites for hydroxylation is 1. The molecule has 5 heteroatoms. The molecule has 2 nitrogen and oxygen atoms in total. The highest BCUT2D eigenvalue weighted by Crippen LogP contribution is 2.27. The third-order valence-corrected chi connectivity index (χ3v) is 2.31. The zero-order valence-corrected chi connectivity index (χ0v) is 10.1. The summed E-state index contributed by atoms with van der Waals surface area (Å²) in [5.74, 6) is 0.789. The Morgan fingerprint density at radius 1 is 0.737 bits per heavy atom. The molecule has 0 aliphatic carbocycles. The van der Waals surface area contributed by atoms with Gasteiger partial charge >= 0.3 is 6.36 Å². The average Bonchev–Trinajstić information content (AvgIpc) is 2.33. The van der Waals surface area contributed by atoms with Gasteiger partial charge in [0.2, 0.25) is 0 Å². The van der Waals surface area contributed by atoms with Gasteiger partial charge < -0.3 is 9.47 Å². The van der Waals surface area contributed by atoms with Crippen LogP contribution in [0.1, 0.15) is 5.56 Å². The first-order valence-electron chi connectivity index (χ1n) is 5.53. The lowest BCUT2D eigenvalue weighted by molar-refractivity contribution is -0.274. The van der Waals surface area contributed by atoms with Gasteiger partial charge in [-0.05, 0) is 43.3 Å². The lowest BCUT2D eigenvalue weighted by Crippen LogP contribution is -2.16. The summed E-state index contributed by atoms with van der Waals surface area (Å²) in [4.78, 5) is 0. The van der Waals surface area contributed by atoms with E-state index >= 15 is 0 Å². The van der Waals surface area contributed by atoms with Crippen LogP contribution in [0.15, 0.2) is 48.5 Å². The molecule has 100 valence electrons. The summed E-state index contributed by atoms with van der Waals surface area (Å²) < 4.78 is 45.2. The van der Waals surface area contributed by atoms with Crippen molar-refractivity contribution in [1.29, 1.82) is 0 Å². The molecule has 0 aliphatic heterocycles. The van der Waals surface area contributed by atoms with Gasteiger partial charge in [0.25, 0.3) is 0 Å². The van der Waals surface area contributed by atoms with E-state index in [-0.39, 0.29) is 5.75 Å². The number of halogens is 3. The third-order valence-electron chi connectivity index (χ3n) is 2.31. The average molecular weight is 268 g/mol. The van der Waals surface area contributed by atoms with Gasteiger partial charge in [0.1, 0.15) is 17.2 Å². The predicted octanol–water partition coefficient (Wildman–Crippen LogP) is 4.69. The van der Waals surface area contributed by atoms with Gasteiger partial charge in [0, 0.05) is 0 Å². The van der Waals surface area contributed by atoms with Crippen LogP contribution in [0.3, 0.4) is 0 Å². The van der Waals surface area contributed by atoms with Crippen LogP contribution >= 0.6 is 0 Å². The normalized spacial score (nSPS) is 11.2. The number of alkyl halides is 3. The van der Waals surface area contributed by atoms with E-state index in [0.29, 0.717) is 11.5 Å². The molecular weight excluding hydrogens is 257 g/mol. The molecule has 0 saturated carbocycles. The van der Waals surface area contributed by atoms with Crippen LogP contribution in [0.5, 0.6) is 17.2 Å². The summed E-state index contributed by atoms with van der Waals surface area (Å²) in [6.45, 7) is 1.95. The summed E-state index contributed by atoms with van der Waals surface area (Å²) in [6.07, 6.45) is -4.68. The van der Waals surface area contributed by atoms with E-state index in [0.717, 1.165) is 5.56 Å². The monoisotopic (exact) mass is 268 g/mol. The number of hydrogen-bond acceptors (Lipinski definition) is 2. The maximum absolute atomic E-state index is 12.0. The van der Waals surface area contributed by atoms with Crippen LogP contribution in [-0.4, -0.2) is 6.36 Å². The molecule has 2 aromatic carbocycles. The number of benzene rings is 2. The molecule has 2 rings (SSSR count). The minimum atomic E-state index is -4.68. The van der Waals surface area contributed by atoms with E-state index in [1.54, 1.807) is 12.1 Å². The fraction of sp³-hybridized carbons (Fsp3) is 0.143. The van der Waals surface area contributed by atoms with Crippen LogP contribution in [0.25, 0.3) is 0 Å². The van der Waals surface area contributed by atoms with Crippen LogP contribution in [0.4, 0.5) is 13.2 Å². The number of ether oxygens (including phenoxy) is 2. The highest BCUT2D eigenvalue weighted by atomic mass is 19.4. The van der Waals surface area contributed by atoms with Gasteiger partial charge in [0.15, 0.2) is 0 Å². The molecule has 0 heterocycles. The van der Waals surface area contributed by atoms with Crippen molar-refractivity contribution >= 4 is 0 Å². The zero-order valence-electron chi connectivity index (χ0n) is 10.1. The van der Waals surface area contributed by atoms with Gasteiger partial charge in [-0.1, -0.05) is 17.7 Å². The molecule has 19 heavy (non-hydrogen) atoms. The first-order valence-corrected chi connectivity index (χ1v) is 5.53. The molecule has 0 N–H and O–H groups in total. The van der Waals surface area contributed by atoms with E-state index in [4.69, 9.17) is 4.74 Å². The van der Waals surface area contributed by atoms with E-state index in [9.17, 15) is 13.2 Å². The zero-order chi connectivity index (χ0) is 13.9. The summed E-state index contributed by atoms with van der Waals surface area (Å²) in [5, 5.41) is 0. The fourth-order valence-electron chi connectivity index (χ4n) is 1.45. The van der Waals surface area contributed by atoms with Crippen molar-refractivity contribution in [3.63, 3.8) is 0 Å². The van der Waals surface area contributed by atoms with Crippen LogP contribution < -0.4 is 9.47 Å². The smallest absolute Gasteiger partial charge is 0.457 e. The van der Waals surface area contributed by atoms with Crippen molar-refractivity contribution in [3.8, 4) is 17.2 Å². The predicted molar refractivity (Wildman–Crippen MR) is 64.4 cm³/mol. The van der Waals surface area contributed by atoms with Crippen LogP contribution in [0.2, 0.25) is 0 Å². The lowest BCUT2D eigenvalue weighted by atomic mass is 10.2. The summed E-state index contributed by atoms with van der Waals surface area (Å²) >= 11 is 0. The van der Waals surface area contributed by atoms with E-state index in [1.807, 2.05) is 19.1 Å². The molecule has 2 aromatic rings. The topological polar surface area (TPSA) is 18.5 Å². The van der Waals surface area contributed by atoms with Crippen molar-refractivity contribution < 1.29 is 22.6 Å². The molecule has 0 aliphatic rings. The molecule has 0 spiro atoms. The Hall–Kier alpha value is -2.17. The van der Waals surface area contributed by atoms with Gasteiger partial charge in [-0.25, -0.2) is 0 Å². The van der Waals surface area contributed by atoms with Crippen molar-refractivity contribution in [3.05, 3.63) is 54.1 Å². The van der Waals surface area contributed by atoms with Crippen molar-refractivity contribution in [2.45, 2.75) is 13.3 Å². The van der Waals surface area contributed by atoms with Gasteiger partial charge in [-0.15, -0.1) is 13.2 Å². The first kappa shape index (κ1) is 13.3. The Balaban J connectivity index is 2.04. The summed E-state index contributed by atoms with van der Waals surface area (Å²) in [5.41, 5.74) is 1.10. The molecule has 0 saturated heterocycles. The molecule has 0 radical (unpaired) electrons. The third kappa shape index (κ3) is 4.21. The molecule has 0 amide bonds. The van der Waals surface area contributed by atoms with Crippen LogP contribution in [-0.2, 0) is 0 Å². The number of hydrogen-bond donors (Lipinski definition) is 0. The molecule has 0 bridgehead atoms. The van der Waals surface area contributed by atoms with Gasteiger partial charge in [-0.3, -0.25) is 0 Å². The minimum absolute atomic E-state index is 0.274. The molecular formula is C14H11F3O2. The van der Waals surface area contributed by atoms with Crippen molar-refractivity contribution in [1.82, 2.24) is 0 Å². The minimum Gasteiger partial charge on any atom is -0.457 e. The van der Waals surface area contributed by atoms with Crippen LogP contribution in [0, 0.1) is 6.92 Å². The second kappa shape index (κ2) is 5.22. The van der Waals surface area contributed by atoms with Gasteiger partial charge in [0.05, 0.1) is 0 Å². The van der Waals surface area contributed by atoms with Crippen molar-refractivity contribution in [2.24, 2.45) is 0 Å².